The van der Waals surface area contributed by atoms with Gasteiger partial charge in [-0.1, -0.05) is 66.7 Å². The van der Waals surface area contributed by atoms with E-state index >= 15 is 0 Å². The quantitative estimate of drug-likeness (QED) is 0.799. The highest BCUT2D eigenvalue weighted by Crippen LogP contribution is 2.35. The normalized spacial score (nSPS) is 14.8. The van der Waals surface area contributed by atoms with Crippen LogP contribution in [-0.2, 0) is 4.79 Å². The van der Waals surface area contributed by atoms with Gasteiger partial charge >= 0.3 is 0 Å². The van der Waals surface area contributed by atoms with E-state index in [4.69, 9.17) is 0 Å². The van der Waals surface area contributed by atoms with Gasteiger partial charge in [0, 0.05) is 17.9 Å². The number of Topliss-reactive ketones (excluding diaryl/α,β-unsaturated/α-hetero) is 1. The van der Waals surface area contributed by atoms with Crippen molar-refractivity contribution in [3.05, 3.63) is 83.4 Å². The van der Waals surface area contributed by atoms with Gasteiger partial charge in [0.15, 0.2) is 5.78 Å². The number of hydrogen-bond acceptors (Lipinski definition) is 1. The predicted octanol–water partition coefficient (Wildman–Crippen LogP) is 4.11. The van der Waals surface area contributed by atoms with Crippen LogP contribution in [0.4, 0.5) is 0 Å². The van der Waals surface area contributed by atoms with Crippen LogP contribution < -0.4 is 0 Å². The first-order chi connectivity index (χ1) is 9.36. The standard InChI is InChI=1S/C18H16O/c19-17-13-7-12-16(17)18(14-8-3-1-4-9-14)15-10-5-2-6-11-15/h1-6,8-12,18H,7,13H2. The Bertz CT molecular complexity index is 557. The van der Waals surface area contributed by atoms with Crippen molar-refractivity contribution in [2.24, 2.45) is 0 Å². The first-order valence-corrected chi connectivity index (χ1v) is 6.69. The Morgan fingerprint density at radius 1 is 0.789 bits per heavy atom. The van der Waals surface area contributed by atoms with E-state index in [2.05, 4.69) is 30.3 Å². The summed E-state index contributed by atoms with van der Waals surface area (Å²) in [7, 11) is 0. The van der Waals surface area contributed by atoms with Crippen LogP contribution in [0, 0.1) is 0 Å². The largest absolute Gasteiger partial charge is 0.295 e. The Morgan fingerprint density at radius 3 is 1.74 bits per heavy atom. The van der Waals surface area contributed by atoms with Crippen LogP contribution >= 0.6 is 0 Å². The van der Waals surface area contributed by atoms with Crippen molar-refractivity contribution in [3.63, 3.8) is 0 Å². The molecule has 0 amide bonds. The smallest absolute Gasteiger partial charge is 0.159 e. The molecule has 1 nitrogen and oxygen atoms in total. The van der Waals surface area contributed by atoms with Crippen molar-refractivity contribution in [3.8, 4) is 0 Å². The summed E-state index contributed by atoms with van der Waals surface area (Å²) >= 11 is 0. The third-order valence-electron chi connectivity index (χ3n) is 3.63. The Kier molecular flexibility index (Phi) is 3.28. The molecule has 2 aromatic rings. The third-order valence-corrected chi connectivity index (χ3v) is 3.63. The van der Waals surface area contributed by atoms with Crippen LogP contribution in [0.2, 0.25) is 0 Å². The zero-order valence-corrected chi connectivity index (χ0v) is 10.8. The van der Waals surface area contributed by atoms with Crippen LogP contribution in [0.1, 0.15) is 29.9 Å². The van der Waals surface area contributed by atoms with Crippen molar-refractivity contribution in [2.45, 2.75) is 18.8 Å². The number of rotatable bonds is 3. The Labute approximate surface area is 113 Å². The fourth-order valence-electron chi connectivity index (χ4n) is 2.74. The molecule has 1 heteroatoms. The van der Waals surface area contributed by atoms with Gasteiger partial charge in [0.25, 0.3) is 0 Å². The fraction of sp³-hybridized carbons (Fsp3) is 0.167. The minimum Gasteiger partial charge on any atom is -0.295 e. The Morgan fingerprint density at radius 2 is 1.32 bits per heavy atom. The van der Waals surface area contributed by atoms with Crippen molar-refractivity contribution < 1.29 is 4.79 Å². The number of carbonyl (C=O) groups is 1. The molecule has 1 aliphatic carbocycles. The molecule has 0 spiro atoms. The zero-order valence-electron chi connectivity index (χ0n) is 10.8. The summed E-state index contributed by atoms with van der Waals surface area (Å²) in [6.07, 6.45) is 3.64. The van der Waals surface area contributed by atoms with E-state index in [0.29, 0.717) is 6.42 Å². The molecule has 3 rings (SSSR count). The molecule has 19 heavy (non-hydrogen) atoms. The third kappa shape index (κ3) is 2.37. The summed E-state index contributed by atoms with van der Waals surface area (Å²) < 4.78 is 0. The molecular weight excluding hydrogens is 232 g/mol. The van der Waals surface area contributed by atoms with Crippen molar-refractivity contribution in [1.29, 1.82) is 0 Å². The van der Waals surface area contributed by atoms with Gasteiger partial charge < -0.3 is 0 Å². The molecule has 1 aliphatic rings. The molecule has 0 aromatic heterocycles. The number of carbonyl (C=O) groups excluding carboxylic acids is 1. The van der Waals surface area contributed by atoms with E-state index in [1.165, 1.54) is 11.1 Å². The molecule has 0 heterocycles. The Balaban J connectivity index is 2.09. The maximum Gasteiger partial charge on any atom is 0.159 e. The minimum atomic E-state index is 0.0809. The second kappa shape index (κ2) is 5.23. The lowest BCUT2D eigenvalue weighted by molar-refractivity contribution is -0.115. The first kappa shape index (κ1) is 11.9. The molecule has 0 N–H and O–H groups in total. The van der Waals surface area contributed by atoms with Gasteiger partial charge in [-0.2, -0.15) is 0 Å². The molecule has 0 radical (unpaired) electrons. The fourth-order valence-corrected chi connectivity index (χ4v) is 2.74. The molecule has 0 saturated carbocycles. The van der Waals surface area contributed by atoms with Gasteiger partial charge in [-0.3, -0.25) is 4.79 Å². The van der Waals surface area contributed by atoms with E-state index < -0.39 is 0 Å². The molecule has 0 unspecified atom stereocenters. The summed E-state index contributed by atoms with van der Waals surface area (Å²) in [6, 6.07) is 20.6. The molecule has 0 aliphatic heterocycles. The SMILES string of the molecule is O=C1CCC=C1C(c1ccccc1)c1ccccc1. The predicted molar refractivity (Wildman–Crippen MR) is 77.1 cm³/mol. The molecule has 0 bridgehead atoms. The van der Waals surface area contributed by atoms with E-state index in [0.717, 1.165) is 12.0 Å². The Hall–Kier alpha value is -2.15. The van der Waals surface area contributed by atoms with E-state index in [1.54, 1.807) is 0 Å². The monoisotopic (exact) mass is 248 g/mol. The second-order valence-electron chi connectivity index (χ2n) is 4.88. The van der Waals surface area contributed by atoms with Crippen molar-refractivity contribution in [2.75, 3.05) is 0 Å². The first-order valence-electron chi connectivity index (χ1n) is 6.69. The highest BCUT2D eigenvalue weighted by atomic mass is 16.1. The highest BCUT2D eigenvalue weighted by molar-refractivity contribution is 5.99. The average molecular weight is 248 g/mol. The average Bonchev–Trinajstić information content (AvgIpc) is 2.88. The summed E-state index contributed by atoms with van der Waals surface area (Å²) in [6.45, 7) is 0. The summed E-state index contributed by atoms with van der Waals surface area (Å²) in [5.41, 5.74) is 3.34. The number of ketones is 1. The maximum atomic E-state index is 12.1. The van der Waals surface area contributed by atoms with Crippen LogP contribution in [0.3, 0.4) is 0 Å². The number of allylic oxidation sites excluding steroid dienone is 2. The number of benzene rings is 2. The van der Waals surface area contributed by atoms with E-state index in [-0.39, 0.29) is 11.7 Å². The van der Waals surface area contributed by atoms with Crippen LogP contribution in [0.25, 0.3) is 0 Å². The van der Waals surface area contributed by atoms with Crippen LogP contribution in [0.5, 0.6) is 0 Å². The lowest BCUT2D eigenvalue weighted by atomic mass is 9.84. The summed E-state index contributed by atoms with van der Waals surface area (Å²) in [5, 5.41) is 0. The second-order valence-corrected chi connectivity index (χ2v) is 4.88. The summed E-state index contributed by atoms with van der Waals surface area (Å²) in [5.74, 6) is 0.370. The molecule has 2 aromatic carbocycles. The maximum absolute atomic E-state index is 12.1. The van der Waals surface area contributed by atoms with Crippen LogP contribution in [0.15, 0.2) is 72.3 Å². The summed E-state index contributed by atoms with van der Waals surface area (Å²) in [4.78, 5) is 12.1. The molecule has 94 valence electrons. The minimum absolute atomic E-state index is 0.0809. The van der Waals surface area contributed by atoms with Crippen molar-refractivity contribution in [1.82, 2.24) is 0 Å². The molecular formula is C18H16O. The van der Waals surface area contributed by atoms with Gasteiger partial charge in [-0.25, -0.2) is 0 Å². The van der Waals surface area contributed by atoms with Gasteiger partial charge in [0.2, 0.25) is 0 Å². The zero-order chi connectivity index (χ0) is 13.1. The molecule has 0 saturated heterocycles. The number of hydrogen-bond donors (Lipinski definition) is 0. The van der Waals surface area contributed by atoms with E-state index in [9.17, 15) is 4.79 Å². The van der Waals surface area contributed by atoms with E-state index in [1.807, 2.05) is 36.4 Å². The molecule has 0 atom stereocenters. The van der Waals surface area contributed by atoms with Gasteiger partial charge in [-0.15, -0.1) is 0 Å². The van der Waals surface area contributed by atoms with Gasteiger partial charge in [0.05, 0.1) is 0 Å². The lowest BCUT2D eigenvalue weighted by Gasteiger charge is -2.18. The van der Waals surface area contributed by atoms with Gasteiger partial charge in [-0.05, 0) is 17.5 Å². The van der Waals surface area contributed by atoms with Gasteiger partial charge in [0.1, 0.15) is 0 Å². The lowest BCUT2D eigenvalue weighted by Crippen LogP contribution is -2.09. The topological polar surface area (TPSA) is 17.1 Å². The van der Waals surface area contributed by atoms with Crippen LogP contribution in [-0.4, -0.2) is 5.78 Å². The highest BCUT2D eigenvalue weighted by Gasteiger charge is 2.26. The molecule has 0 fully saturated rings. The van der Waals surface area contributed by atoms with Crippen molar-refractivity contribution >= 4 is 5.78 Å².